The lowest BCUT2D eigenvalue weighted by atomic mass is 9.87. The Balaban J connectivity index is 3.30. The third-order valence-corrected chi connectivity index (χ3v) is 2.96. The van der Waals surface area contributed by atoms with Crippen molar-refractivity contribution in [2.75, 3.05) is 13.2 Å². The van der Waals surface area contributed by atoms with E-state index < -0.39 is 0 Å². The van der Waals surface area contributed by atoms with Crippen LogP contribution in [0.15, 0.2) is 0 Å². The maximum atomic E-state index is 7.43. The summed E-state index contributed by atoms with van der Waals surface area (Å²) in [6.45, 7) is 7.90. The van der Waals surface area contributed by atoms with Crippen LogP contribution in [-0.4, -0.2) is 19.0 Å². The Kier molecular flexibility index (Phi) is 8.26. The summed E-state index contributed by atoms with van der Waals surface area (Å²) in [4.78, 5) is 0. The van der Waals surface area contributed by atoms with Crippen LogP contribution in [0.1, 0.15) is 59.3 Å². The summed E-state index contributed by atoms with van der Waals surface area (Å²) in [5, 5.41) is 7.43. The maximum Gasteiger partial charge on any atom is 0.0963 e. The molecule has 3 N–H and O–H groups in total. The van der Waals surface area contributed by atoms with E-state index in [0.717, 1.165) is 26.1 Å². The van der Waals surface area contributed by atoms with Gasteiger partial charge in [-0.25, -0.2) is 0 Å². The van der Waals surface area contributed by atoms with Crippen molar-refractivity contribution < 1.29 is 4.74 Å². The average Bonchev–Trinajstić information content (AvgIpc) is 2.21. The van der Waals surface area contributed by atoms with Gasteiger partial charge in [0.25, 0.3) is 0 Å². The fourth-order valence-corrected chi connectivity index (χ4v) is 1.48. The van der Waals surface area contributed by atoms with E-state index in [0.29, 0.717) is 0 Å². The molecular weight excluding hydrogens is 200 g/mol. The van der Waals surface area contributed by atoms with Gasteiger partial charge in [-0.05, 0) is 19.3 Å². The minimum atomic E-state index is -0.175. The first-order valence-electron chi connectivity index (χ1n) is 6.43. The summed E-state index contributed by atoms with van der Waals surface area (Å²) in [6.07, 6.45) is 6.94. The van der Waals surface area contributed by atoms with Crippen molar-refractivity contribution in [2.24, 2.45) is 11.1 Å². The summed E-state index contributed by atoms with van der Waals surface area (Å²) in [5.41, 5.74) is 5.33. The summed E-state index contributed by atoms with van der Waals surface area (Å²) >= 11 is 0. The van der Waals surface area contributed by atoms with E-state index in [9.17, 15) is 0 Å². The summed E-state index contributed by atoms with van der Waals surface area (Å²) in [7, 11) is 0. The lowest BCUT2D eigenvalue weighted by Gasteiger charge is -2.22. The van der Waals surface area contributed by atoms with Gasteiger partial charge in [-0.2, -0.15) is 0 Å². The lowest BCUT2D eigenvalue weighted by molar-refractivity contribution is 0.121. The molecule has 0 aromatic carbocycles. The molecule has 0 aromatic rings. The van der Waals surface area contributed by atoms with E-state index in [1.165, 1.54) is 25.7 Å². The van der Waals surface area contributed by atoms with Crippen molar-refractivity contribution in [3.63, 3.8) is 0 Å². The first kappa shape index (κ1) is 15.4. The first-order chi connectivity index (χ1) is 7.50. The average molecular weight is 228 g/mol. The molecule has 96 valence electrons. The number of rotatable bonds is 10. The van der Waals surface area contributed by atoms with Crippen LogP contribution in [-0.2, 0) is 4.74 Å². The monoisotopic (exact) mass is 228 g/mol. The highest BCUT2D eigenvalue weighted by Crippen LogP contribution is 2.21. The molecule has 0 heterocycles. The first-order valence-corrected chi connectivity index (χ1v) is 6.43. The molecule has 0 aliphatic carbocycles. The zero-order valence-corrected chi connectivity index (χ0v) is 11.1. The summed E-state index contributed by atoms with van der Waals surface area (Å²) in [5.74, 6) is 0.274. The summed E-state index contributed by atoms with van der Waals surface area (Å²) < 4.78 is 5.54. The van der Waals surface area contributed by atoms with E-state index in [1.54, 1.807) is 0 Å². The Hall–Kier alpha value is -0.570. The zero-order chi connectivity index (χ0) is 12.4. The van der Waals surface area contributed by atoms with Gasteiger partial charge in [-0.15, -0.1) is 0 Å². The van der Waals surface area contributed by atoms with Crippen LogP contribution in [0, 0.1) is 10.8 Å². The maximum absolute atomic E-state index is 7.43. The van der Waals surface area contributed by atoms with Gasteiger partial charge in [-0.1, -0.05) is 40.0 Å². The van der Waals surface area contributed by atoms with Gasteiger partial charge in [0.1, 0.15) is 0 Å². The smallest absolute Gasteiger partial charge is 0.0963 e. The number of nitrogens with one attached hydrogen (secondary N) is 1. The van der Waals surface area contributed by atoms with Crippen LogP contribution >= 0.6 is 0 Å². The number of unbranched alkanes of at least 4 members (excludes halogenated alkanes) is 3. The lowest BCUT2D eigenvalue weighted by Crippen LogP contribution is -2.31. The van der Waals surface area contributed by atoms with Gasteiger partial charge in [0, 0.05) is 18.6 Å². The molecule has 0 fully saturated rings. The fourth-order valence-electron chi connectivity index (χ4n) is 1.48. The van der Waals surface area contributed by atoms with Crippen molar-refractivity contribution in [2.45, 2.75) is 59.3 Å². The Morgan fingerprint density at radius 1 is 1.12 bits per heavy atom. The van der Waals surface area contributed by atoms with Crippen LogP contribution < -0.4 is 5.73 Å². The Morgan fingerprint density at radius 3 is 2.31 bits per heavy atom. The Labute approximate surface area is 100 Å². The molecule has 0 amide bonds. The molecule has 0 aliphatic rings. The summed E-state index contributed by atoms with van der Waals surface area (Å²) in [6, 6.07) is 0. The molecule has 0 saturated carbocycles. The van der Waals surface area contributed by atoms with E-state index in [-0.39, 0.29) is 11.3 Å². The minimum Gasteiger partial charge on any atom is -0.387 e. The fraction of sp³-hybridized carbons (Fsp3) is 0.923. The Bertz CT molecular complexity index is 190. The second kappa shape index (κ2) is 8.57. The Morgan fingerprint density at radius 2 is 1.75 bits per heavy atom. The molecule has 0 rings (SSSR count). The second-order valence-corrected chi connectivity index (χ2v) is 5.07. The number of hydrogen-bond acceptors (Lipinski definition) is 2. The largest absolute Gasteiger partial charge is 0.387 e. The number of nitrogens with two attached hydrogens (primary N) is 1. The van der Waals surface area contributed by atoms with Gasteiger partial charge in [0.05, 0.1) is 5.84 Å². The molecule has 0 radical (unpaired) electrons. The van der Waals surface area contributed by atoms with Crippen molar-refractivity contribution in [1.29, 1.82) is 5.41 Å². The number of hydrogen-bond donors (Lipinski definition) is 2. The highest BCUT2D eigenvalue weighted by atomic mass is 16.5. The number of ether oxygens (including phenoxy) is 1. The normalized spacial score (nSPS) is 11.7. The quantitative estimate of drug-likeness (QED) is 0.342. The van der Waals surface area contributed by atoms with Crippen molar-refractivity contribution in [3.05, 3.63) is 0 Å². The predicted molar refractivity (Wildman–Crippen MR) is 69.9 cm³/mol. The van der Waals surface area contributed by atoms with Crippen molar-refractivity contribution in [3.8, 4) is 0 Å². The molecule has 0 aliphatic heterocycles. The van der Waals surface area contributed by atoms with Crippen LogP contribution in [0.5, 0.6) is 0 Å². The van der Waals surface area contributed by atoms with Crippen LogP contribution in [0.25, 0.3) is 0 Å². The van der Waals surface area contributed by atoms with Crippen molar-refractivity contribution >= 4 is 5.84 Å². The van der Waals surface area contributed by atoms with Crippen LogP contribution in [0.4, 0.5) is 0 Å². The molecule has 0 bridgehead atoms. The highest BCUT2D eigenvalue weighted by molar-refractivity contribution is 5.82. The zero-order valence-electron chi connectivity index (χ0n) is 11.1. The molecular formula is C13H28N2O. The van der Waals surface area contributed by atoms with Gasteiger partial charge in [0.2, 0.25) is 0 Å². The van der Waals surface area contributed by atoms with Crippen LogP contribution in [0.3, 0.4) is 0 Å². The molecule has 0 saturated heterocycles. The topological polar surface area (TPSA) is 59.1 Å². The van der Waals surface area contributed by atoms with Crippen LogP contribution in [0.2, 0.25) is 0 Å². The van der Waals surface area contributed by atoms with Gasteiger partial charge in [0.15, 0.2) is 0 Å². The predicted octanol–water partition coefficient (Wildman–Crippen LogP) is 3.33. The van der Waals surface area contributed by atoms with E-state index >= 15 is 0 Å². The molecule has 0 unspecified atom stereocenters. The van der Waals surface area contributed by atoms with Gasteiger partial charge < -0.3 is 10.5 Å². The third kappa shape index (κ3) is 7.69. The molecule has 16 heavy (non-hydrogen) atoms. The van der Waals surface area contributed by atoms with E-state index in [4.69, 9.17) is 15.9 Å². The third-order valence-electron chi connectivity index (χ3n) is 2.96. The second-order valence-electron chi connectivity index (χ2n) is 5.07. The SMILES string of the molecule is CCCCCCOCCCC(C)(C)C(=N)N. The van der Waals surface area contributed by atoms with Crippen molar-refractivity contribution in [1.82, 2.24) is 0 Å². The molecule has 3 heteroatoms. The minimum absolute atomic E-state index is 0.175. The molecule has 3 nitrogen and oxygen atoms in total. The highest BCUT2D eigenvalue weighted by Gasteiger charge is 2.20. The van der Waals surface area contributed by atoms with Gasteiger partial charge >= 0.3 is 0 Å². The molecule has 0 spiro atoms. The van der Waals surface area contributed by atoms with Gasteiger partial charge in [-0.3, -0.25) is 5.41 Å². The standard InChI is InChI=1S/C13H28N2O/c1-4-5-6-7-10-16-11-8-9-13(2,3)12(14)15/h4-11H2,1-3H3,(H3,14,15). The van der Waals surface area contributed by atoms with E-state index in [2.05, 4.69) is 6.92 Å². The van der Waals surface area contributed by atoms with E-state index in [1.807, 2.05) is 13.8 Å². The molecule has 0 atom stereocenters. The molecule has 0 aromatic heterocycles. The number of amidine groups is 1.